The summed E-state index contributed by atoms with van der Waals surface area (Å²) in [5.74, 6) is 1.78. The lowest BCUT2D eigenvalue weighted by atomic mass is 10.1. The zero-order chi connectivity index (χ0) is 15.2. The van der Waals surface area contributed by atoms with Crippen LogP contribution in [-0.2, 0) is 13.0 Å². The molecule has 0 saturated heterocycles. The summed E-state index contributed by atoms with van der Waals surface area (Å²) in [6, 6.07) is 8.53. The Labute approximate surface area is 126 Å². The highest BCUT2D eigenvalue weighted by Gasteiger charge is 2.12. The molecule has 0 aliphatic carbocycles. The highest BCUT2D eigenvalue weighted by molar-refractivity contribution is 5.28. The number of nitrogens with zero attached hydrogens (tertiary/aromatic N) is 3. The van der Waals surface area contributed by atoms with Crippen LogP contribution in [0.2, 0.25) is 0 Å². The van der Waals surface area contributed by atoms with Crippen molar-refractivity contribution in [2.45, 2.75) is 32.9 Å². The van der Waals surface area contributed by atoms with E-state index in [0.717, 1.165) is 30.1 Å². The van der Waals surface area contributed by atoms with E-state index in [-0.39, 0.29) is 0 Å². The topological polar surface area (TPSA) is 38.2 Å². The lowest BCUT2D eigenvalue weighted by Crippen LogP contribution is -2.22. The summed E-state index contributed by atoms with van der Waals surface area (Å²) in [6.07, 6.45) is 4.71. The van der Waals surface area contributed by atoms with Gasteiger partial charge in [0, 0.05) is 37.0 Å². The van der Waals surface area contributed by atoms with Crippen molar-refractivity contribution in [3.63, 3.8) is 0 Å². The molecule has 2 aromatic rings. The first-order valence-electron chi connectivity index (χ1n) is 7.28. The molecule has 0 aliphatic heterocycles. The van der Waals surface area contributed by atoms with Crippen LogP contribution < -0.4 is 4.74 Å². The molecular weight excluding hydrogens is 262 g/mol. The zero-order valence-corrected chi connectivity index (χ0v) is 13.2. The van der Waals surface area contributed by atoms with Crippen LogP contribution in [0.5, 0.6) is 5.75 Å². The van der Waals surface area contributed by atoms with Gasteiger partial charge in [-0.2, -0.15) is 0 Å². The molecule has 112 valence electrons. The molecule has 1 aromatic carbocycles. The van der Waals surface area contributed by atoms with E-state index in [1.165, 1.54) is 5.56 Å². The predicted molar refractivity (Wildman–Crippen MR) is 84.3 cm³/mol. The molecule has 0 saturated carbocycles. The van der Waals surface area contributed by atoms with Gasteiger partial charge in [0.25, 0.3) is 0 Å². The number of ether oxygens (including phenoxy) is 1. The van der Waals surface area contributed by atoms with Crippen LogP contribution in [0.1, 0.15) is 36.8 Å². The van der Waals surface area contributed by atoms with Gasteiger partial charge in [0.1, 0.15) is 11.6 Å². The first-order chi connectivity index (χ1) is 10.1. The van der Waals surface area contributed by atoms with Gasteiger partial charge in [0.15, 0.2) is 0 Å². The second-order valence-electron chi connectivity index (χ2n) is 5.23. The Morgan fingerprint density at radius 2 is 1.76 bits per heavy atom. The minimum Gasteiger partial charge on any atom is -0.497 e. The maximum atomic E-state index is 5.20. The van der Waals surface area contributed by atoms with Crippen molar-refractivity contribution in [3.8, 4) is 5.75 Å². The van der Waals surface area contributed by atoms with Gasteiger partial charge in [-0.1, -0.05) is 19.1 Å². The zero-order valence-electron chi connectivity index (χ0n) is 13.2. The molecule has 2 rings (SSSR count). The number of hydrogen-bond acceptors (Lipinski definition) is 4. The van der Waals surface area contributed by atoms with Crippen molar-refractivity contribution >= 4 is 0 Å². The van der Waals surface area contributed by atoms with Gasteiger partial charge in [0.05, 0.1) is 7.11 Å². The lowest BCUT2D eigenvalue weighted by molar-refractivity contribution is 0.252. The minimum atomic E-state index is 0.321. The third-order valence-corrected chi connectivity index (χ3v) is 3.77. The Balaban J connectivity index is 2.01. The van der Waals surface area contributed by atoms with E-state index in [2.05, 4.69) is 47.9 Å². The highest BCUT2D eigenvalue weighted by atomic mass is 16.5. The monoisotopic (exact) mass is 285 g/mol. The summed E-state index contributed by atoms with van der Waals surface area (Å²) in [6.45, 7) is 5.09. The standard InChI is InChI=1S/C17H23N3O/c1-5-17-18-10-14(11-19-17)12-20(3)13(2)15-6-8-16(21-4)9-7-15/h6-11,13H,5,12H2,1-4H3/t13-/m1/s1. The van der Waals surface area contributed by atoms with Crippen LogP contribution in [0.3, 0.4) is 0 Å². The van der Waals surface area contributed by atoms with Gasteiger partial charge in [-0.15, -0.1) is 0 Å². The van der Waals surface area contributed by atoms with Gasteiger partial charge in [-0.25, -0.2) is 9.97 Å². The molecule has 0 bridgehead atoms. The molecule has 0 radical (unpaired) electrons. The Hall–Kier alpha value is -1.94. The molecule has 1 heterocycles. The molecule has 0 N–H and O–H groups in total. The van der Waals surface area contributed by atoms with Crippen LogP contribution in [0, 0.1) is 0 Å². The fraction of sp³-hybridized carbons (Fsp3) is 0.412. The Kier molecular flexibility index (Phi) is 5.28. The van der Waals surface area contributed by atoms with Crippen LogP contribution in [-0.4, -0.2) is 29.0 Å². The number of benzene rings is 1. The smallest absolute Gasteiger partial charge is 0.127 e. The van der Waals surface area contributed by atoms with Gasteiger partial charge in [-0.05, 0) is 31.7 Å². The van der Waals surface area contributed by atoms with Crippen molar-refractivity contribution in [1.82, 2.24) is 14.9 Å². The summed E-state index contributed by atoms with van der Waals surface area (Å²) in [7, 11) is 3.80. The first-order valence-corrected chi connectivity index (χ1v) is 7.28. The van der Waals surface area contributed by atoms with Crippen LogP contribution >= 0.6 is 0 Å². The average molecular weight is 285 g/mol. The quantitative estimate of drug-likeness (QED) is 0.816. The molecule has 1 atom stereocenters. The highest BCUT2D eigenvalue weighted by Crippen LogP contribution is 2.22. The fourth-order valence-electron chi connectivity index (χ4n) is 2.21. The molecule has 0 fully saturated rings. The van der Waals surface area contributed by atoms with E-state index >= 15 is 0 Å². The van der Waals surface area contributed by atoms with E-state index in [1.807, 2.05) is 24.5 Å². The number of aryl methyl sites for hydroxylation is 1. The van der Waals surface area contributed by atoms with E-state index in [9.17, 15) is 0 Å². The Morgan fingerprint density at radius 3 is 2.29 bits per heavy atom. The summed E-state index contributed by atoms with van der Waals surface area (Å²) >= 11 is 0. The average Bonchev–Trinajstić information content (AvgIpc) is 2.55. The van der Waals surface area contributed by atoms with Gasteiger partial charge < -0.3 is 4.74 Å². The van der Waals surface area contributed by atoms with Gasteiger partial charge in [-0.3, -0.25) is 4.90 Å². The van der Waals surface area contributed by atoms with Crippen molar-refractivity contribution < 1.29 is 4.74 Å². The first kappa shape index (κ1) is 15.4. The van der Waals surface area contributed by atoms with Gasteiger partial charge >= 0.3 is 0 Å². The third kappa shape index (κ3) is 4.02. The largest absolute Gasteiger partial charge is 0.497 e. The van der Waals surface area contributed by atoms with E-state index in [0.29, 0.717) is 6.04 Å². The summed E-state index contributed by atoms with van der Waals surface area (Å²) in [4.78, 5) is 11.0. The fourth-order valence-corrected chi connectivity index (χ4v) is 2.21. The molecule has 4 heteroatoms. The second-order valence-corrected chi connectivity index (χ2v) is 5.23. The summed E-state index contributed by atoms with van der Waals surface area (Å²) in [5, 5.41) is 0. The Bertz CT molecular complexity index is 551. The lowest BCUT2D eigenvalue weighted by Gasteiger charge is -2.25. The number of methoxy groups -OCH3 is 1. The van der Waals surface area contributed by atoms with Crippen LogP contribution in [0.25, 0.3) is 0 Å². The Morgan fingerprint density at radius 1 is 1.14 bits per heavy atom. The molecule has 4 nitrogen and oxygen atoms in total. The molecule has 0 amide bonds. The second kappa shape index (κ2) is 7.18. The molecule has 0 spiro atoms. The summed E-state index contributed by atoms with van der Waals surface area (Å²) in [5.41, 5.74) is 2.40. The van der Waals surface area contributed by atoms with Crippen molar-refractivity contribution in [2.24, 2.45) is 0 Å². The van der Waals surface area contributed by atoms with Gasteiger partial charge in [0.2, 0.25) is 0 Å². The SMILES string of the molecule is CCc1ncc(CN(C)[C@H](C)c2ccc(OC)cc2)cn1. The van der Waals surface area contributed by atoms with Crippen molar-refractivity contribution in [3.05, 3.63) is 53.6 Å². The third-order valence-electron chi connectivity index (χ3n) is 3.77. The number of rotatable bonds is 6. The normalized spacial score (nSPS) is 12.4. The predicted octanol–water partition coefficient (Wildman–Crippen LogP) is 3.24. The molecule has 0 aliphatic rings. The maximum Gasteiger partial charge on any atom is 0.127 e. The van der Waals surface area contributed by atoms with E-state index in [4.69, 9.17) is 4.74 Å². The van der Waals surface area contributed by atoms with E-state index < -0.39 is 0 Å². The minimum absolute atomic E-state index is 0.321. The van der Waals surface area contributed by atoms with Crippen LogP contribution in [0.15, 0.2) is 36.7 Å². The molecule has 21 heavy (non-hydrogen) atoms. The summed E-state index contributed by atoms with van der Waals surface area (Å²) < 4.78 is 5.20. The number of aromatic nitrogens is 2. The maximum absolute atomic E-state index is 5.20. The van der Waals surface area contributed by atoms with Crippen molar-refractivity contribution in [2.75, 3.05) is 14.2 Å². The molecule has 0 unspecified atom stereocenters. The van der Waals surface area contributed by atoms with Crippen molar-refractivity contribution in [1.29, 1.82) is 0 Å². The molecular formula is C17H23N3O. The van der Waals surface area contributed by atoms with E-state index in [1.54, 1.807) is 7.11 Å². The number of hydrogen-bond donors (Lipinski definition) is 0. The molecule has 1 aromatic heterocycles. The van der Waals surface area contributed by atoms with Crippen LogP contribution in [0.4, 0.5) is 0 Å².